The predicted octanol–water partition coefficient (Wildman–Crippen LogP) is 27.1. The zero-order valence-corrected chi connectivity index (χ0v) is 90.9. The number of hydrogen-bond donors (Lipinski definition) is 9. The Hall–Kier alpha value is -3.24. The smallest absolute Gasteiger partial charge is 0.462 e. The molecule has 2 saturated heterocycles. The van der Waals surface area contributed by atoms with Gasteiger partial charge in [-0.25, -0.2) is 9.13 Å². The van der Waals surface area contributed by atoms with Crippen molar-refractivity contribution in [2.24, 2.45) is 0 Å². The first-order valence-corrected chi connectivity index (χ1v) is 60.8. The molecule has 0 bridgehead atoms. The normalized spacial score (nSPS) is 19.4. The number of esters is 4. The molecule has 0 aromatic carbocycles. The van der Waals surface area contributed by atoms with Gasteiger partial charge in [0.2, 0.25) is 11.8 Å². The Bertz CT molecular complexity index is 3010. The molecular weight excluding hydrogens is 1810 g/mol. The van der Waals surface area contributed by atoms with Crippen molar-refractivity contribution in [3.05, 3.63) is 0 Å². The third kappa shape index (κ3) is 74.3. The zero-order chi connectivity index (χ0) is 102. The van der Waals surface area contributed by atoms with Gasteiger partial charge in [-0.2, -0.15) is 0 Å². The molecule has 0 aliphatic carbocycles. The highest BCUT2D eigenvalue weighted by molar-refractivity contribution is 7.46. The van der Waals surface area contributed by atoms with E-state index in [0.29, 0.717) is 57.8 Å². The molecular formula is C110H210N2O25P2. The van der Waals surface area contributed by atoms with Crippen LogP contribution in [0.3, 0.4) is 0 Å². The van der Waals surface area contributed by atoms with Gasteiger partial charge in [-0.05, 0) is 70.6 Å². The molecule has 139 heavy (non-hydrogen) atoms. The maximum Gasteiger partial charge on any atom is 0.472 e. The summed E-state index contributed by atoms with van der Waals surface area (Å²) in [4.78, 5) is 130. The second-order valence-electron chi connectivity index (χ2n) is 40.9. The van der Waals surface area contributed by atoms with Crippen LogP contribution in [0.4, 0.5) is 0 Å². The van der Waals surface area contributed by atoms with Gasteiger partial charge in [0.25, 0.3) is 0 Å². The number of phosphoric acid groups is 2. The van der Waals surface area contributed by atoms with Gasteiger partial charge in [0.1, 0.15) is 60.9 Å². The number of phosphoric ester groups is 2. The van der Waals surface area contributed by atoms with E-state index in [9.17, 15) is 63.2 Å². The molecule has 27 nitrogen and oxygen atoms in total. The van der Waals surface area contributed by atoms with E-state index < -0.39 is 170 Å². The molecule has 0 aromatic rings. The van der Waals surface area contributed by atoms with Crippen LogP contribution in [0, 0.1) is 0 Å². The van der Waals surface area contributed by atoms with Crippen molar-refractivity contribution >= 4 is 51.3 Å². The maximum atomic E-state index is 15.3. The molecule has 2 aliphatic rings. The maximum absolute atomic E-state index is 15.3. The van der Waals surface area contributed by atoms with Crippen molar-refractivity contribution in [3.8, 4) is 0 Å². The molecule has 29 heteroatoms. The average molecular weight is 2020 g/mol. The number of carbonyl (C=O) groups is 6. The van der Waals surface area contributed by atoms with Crippen LogP contribution in [0.25, 0.3) is 0 Å². The first-order valence-electron chi connectivity index (χ1n) is 57.7. The topological polar surface area (TPSA) is 395 Å². The van der Waals surface area contributed by atoms with E-state index >= 15 is 9.59 Å². The van der Waals surface area contributed by atoms with Crippen molar-refractivity contribution in [2.45, 2.75) is 648 Å². The molecule has 2 aliphatic heterocycles. The quantitative estimate of drug-likeness (QED) is 0.0118. The highest BCUT2D eigenvalue weighted by Crippen LogP contribution is 2.44. The molecule has 820 valence electrons. The molecule has 0 saturated carbocycles. The SMILES string of the molecule is CCCCCCCCCCCCCCCC(=O)O[C@H](CCCCCCCCCCC)CC(=O)NC1C(OP(=O)(O)O)OC(COC2OC(CO)C(OP(=O)(O)O)C(OC(=O)C[C@@H](CCCCCCCCCCC)OC(=O)CCCCCCCCCCCCC)C2NC(=O)C[C@@H](CCCCCCCCCCC)OC(=O)CCCCCCCCCCC)C(O)C1OCC[C@@H](O)CCCCCCCCCCC. The van der Waals surface area contributed by atoms with Crippen LogP contribution in [0.5, 0.6) is 0 Å². The lowest BCUT2D eigenvalue weighted by Gasteiger charge is -2.47. The second kappa shape index (κ2) is 89.9. The Labute approximate surface area is 844 Å². The van der Waals surface area contributed by atoms with Crippen molar-refractivity contribution in [1.82, 2.24) is 10.6 Å². The standard InChI is InChI=1S/C110H210N2O25P2/c1-8-15-22-29-36-43-45-46-48-55-62-68-75-82-99(117)130-92(78-71-64-57-50-39-32-25-18-11-4)86-97(115)111-103-107(128-85-84-91(114)77-70-63-56-49-38-31-24-17-10-3)105(121)96(134-110(103)137-139(125,126)127)90-129-109-104(112-98(116)87-93(79-72-65-58-51-40-33-26-19-12-5)131-100(118)81-74-67-60-53-42-35-28-21-14-7)108(106(95(89-113)133-109)136-138(122,123)124)135-102(120)88-94(80-73-66-59-52-41-34-27-20-13-6)132-101(119)83-76-69-61-54-47-44-37-30-23-16-9-2/h91-96,103-110,113-114,121H,8-90H2,1-7H3,(H,111,115)(H,112,116)(H2,122,123,124)(H2,125,126,127)/t91-,92+,93+,94+,95?,96?,103?,104?,105?,106?,107?,108?,109?,110?/m0/s1. The summed E-state index contributed by atoms with van der Waals surface area (Å²) in [5.74, 6) is -4.16. The highest BCUT2D eigenvalue weighted by Gasteiger charge is 2.55. The summed E-state index contributed by atoms with van der Waals surface area (Å²) in [6.45, 7) is 13.1. The molecule has 0 radical (unpaired) electrons. The van der Waals surface area contributed by atoms with Crippen LogP contribution in [0.2, 0.25) is 0 Å². The minimum absolute atomic E-state index is 0.0151. The van der Waals surface area contributed by atoms with E-state index in [1.807, 2.05) is 0 Å². The fourth-order valence-corrected chi connectivity index (χ4v) is 20.3. The number of carbonyl (C=O) groups excluding carboxylic acids is 6. The number of hydrogen-bond acceptors (Lipinski definition) is 21. The van der Waals surface area contributed by atoms with E-state index in [1.165, 1.54) is 128 Å². The van der Waals surface area contributed by atoms with Gasteiger partial charge >= 0.3 is 39.5 Å². The molecule has 2 fully saturated rings. The third-order valence-corrected chi connectivity index (χ3v) is 28.7. The number of nitrogens with one attached hydrogen (secondary N) is 2. The number of amides is 2. The fraction of sp³-hybridized carbons (Fsp3) is 0.945. The lowest BCUT2D eigenvalue weighted by atomic mass is 9.95. The Morgan fingerprint density at radius 1 is 0.302 bits per heavy atom. The number of rotatable bonds is 100. The van der Waals surface area contributed by atoms with Gasteiger partial charge in [0.15, 0.2) is 18.7 Å². The third-order valence-electron chi connectivity index (χ3n) is 27.7. The molecule has 14 atom stereocenters. The minimum Gasteiger partial charge on any atom is -0.462 e. The molecule has 0 aromatic heterocycles. The molecule has 2 heterocycles. The lowest BCUT2D eigenvalue weighted by Crippen LogP contribution is -2.68. The summed E-state index contributed by atoms with van der Waals surface area (Å²) in [5, 5.41) is 41.4. The number of aliphatic hydroxyl groups excluding tert-OH is 3. The van der Waals surface area contributed by atoms with E-state index in [2.05, 4.69) is 59.1 Å². The van der Waals surface area contributed by atoms with Crippen molar-refractivity contribution in [3.63, 3.8) is 0 Å². The highest BCUT2D eigenvalue weighted by atomic mass is 31.2. The van der Waals surface area contributed by atoms with Crippen LogP contribution in [0.15, 0.2) is 0 Å². The fourth-order valence-electron chi connectivity index (χ4n) is 19.2. The molecule has 9 N–H and O–H groups in total. The van der Waals surface area contributed by atoms with Gasteiger partial charge in [-0.3, -0.25) is 37.8 Å². The number of ether oxygens (including phenoxy) is 8. The largest absolute Gasteiger partial charge is 0.472 e. The van der Waals surface area contributed by atoms with Gasteiger partial charge in [0, 0.05) is 25.9 Å². The van der Waals surface area contributed by atoms with E-state index in [0.717, 1.165) is 270 Å². The Balaban J connectivity index is 2.90. The summed E-state index contributed by atoms with van der Waals surface area (Å²) in [6.07, 6.45) is 52.6. The van der Waals surface area contributed by atoms with Crippen LogP contribution in [-0.2, 0) is 84.8 Å². The van der Waals surface area contributed by atoms with Gasteiger partial charge in [-0.15, -0.1) is 0 Å². The zero-order valence-electron chi connectivity index (χ0n) is 89.1. The first-order chi connectivity index (χ1) is 67.3. The van der Waals surface area contributed by atoms with E-state index in [-0.39, 0.29) is 45.1 Å². The monoisotopic (exact) mass is 2020 g/mol. The van der Waals surface area contributed by atoms with Gasteiger partial charge in [0.05, 0.1) is 38.6 Å². The van der Waals surface area contributed by atoms with Crippen molar-refractivity contribution in [1.29, 1.82) is 0 Å². The van der Waals surface area contributed by atoms with E-state index in [1.54, 1.807) is 0 Å². The lowest BCUT2D eigenvalue weighted by molar-refractivity contribution is -0.298. The summed E-state index contributed by atoms with van der Waals surface area (Å²) in [6, 6.07) is -3.63. The second-order valence-corrected chi connectivity index (χ2v) is 43.3. The predicted molar refractivity (Wildman–Crippen MR) is 555 cm³/mol. The summed E-state index contributed by atoms with van der Waals surface area (Å²) in [7, 11) is -11.3. The summed E-state index contributed by atoms with van der Waals surface area (Å²) in [5.41, 5.74) is 0. The Morgan fingerprint density at radius 2 is 0.568 bits per heavy atom. The van der Waals surface area contributed by atoms with Gasteiger partial charge in [-0.1, -0.05) is 453 Å². The number of aliphatic hydroxyl groups is 3. The minimum atomic E-state index is -5.68. The van der Waals surface area contributed by atoms with E-state index in [4.69, 9.17) is 46.9 Å². The number of unbranched alkanes of at least 4 members (excludes halogenated alkanes) is 62. The van der Waals surface area contributed by atoms with Crippen molar-refractivity contribution < 1.29 is 120 Å². The Morgan fingerprint density at radius 3 is 0.863 bits per heavy atom. The molecule has 10 unspecified atom stereocenters. The summed E-state index contributed by atoms with van der Waals surface area (Å²) < 4.78 is 88.4. The van der Waals surface area contributed by atoms with Crippen LogP contribution >= 0.6 is 15.6 Å². The van der Waals surface area contributed by atoms with Crippen molar-refractivity contribution in [2.75, 3.05) is 19.8 Å². The van der Waals surface area contributed by atoms with Crippen LogP contribution in [0.1, 0.15) is 562 Å². The molecule has 0 spiro atoms. The summed E-state index contributed by atoms with van der Waals surface area (Å²) >= 11 is 0. The molecule has 2 amide bonds. The average Bonchev–Trinajstić information content (AvgIpc) is 0.773. The van der Waals surface area contributed by atoms with Gasteiger partial charge < -0.3 is 83.4 Å². The van der Waals surface area contributed by atoms with Crippen LogP contribution in [-0.4, -0.2) is 176 Å². The van der Waals surface area contributed by atoms with Crippen LogP contribution < -0.4 is 10.6 Å². The first kappa shape index (κ1) is 132. The Kier molecular flexibility index (Phi) is 85.3. The molecule has 2 rings (SSSR count).